The molecule has 0 radical (unpaired) electrons. The predicted octanol–water partition coefficient (Wildman–Crippen LogP) is 5.31. The number of urea groups is 1. The van der Waals surface area contributed by atoms with Crippen molar-refractivity contribution in [2.24, 2.45) is 0 Å². The highest BCUT2D eigenvalue weighted by Gasteiger charge is 2.07. The number of halogens is 1. The Kier molecular flexibility index (Phi) is 4.87. The number of aromatic nitrogens is 2. The molecule has 7 heteroatoms. The van der Waals surface area contributed by atoms with E-state index in [-0.39, 0.29) is 6.03 Å². The van der Waals surface area contributed by atoms with Gasteiger partial charge in [-0.1, -0.05) is 29.8 Å². The van der Waals surface area contributed by atoms with Gasteiger partial charge in [-0.25, -0.2) is 9.78 Å². The van der Waals surface area contributed by atoms with Crippen LogP contribution in [-0.4, -0.2) is 22.5 Å². The smallest absolute Gasteiger partial charge is 0.323 e. The highest BCUT2D eigenvalue weighted by molar-refractivity contribution is 6.32. The maximum absolute atomic E-state index is 12.2. The number of imidazole rings is 1. The molecular weight excluding hydrogens is 376 g/mol. The van der Waals surface area contributed by atoms with Crippen LogP contribution in [0.3, 0.4) is 0 Å². The molecule has 0 unspecified atom stereocenters. The first-order valence-electron chi connectivity index (χ1n) is 8.58. The summed E-state index contributed by atoms with van der Waals surface area (Å²) in [5.41, 5.74) is 3.97. The third-order valence-corrected chi connectivity index (χ3v) is 4.51. The van der Waals surface area contributed by atoms with Crippen molar-refractivity contribution in [2.75, 3.05) is 17.7 Å². The number of pyridine rings is 1. The largest absolute Gasteiger partial charge is 0.495 e. The van der Waals surface area contributed by atoms with Gasteiger partial charge in [0, 0.05) is 29.3 Å². The molecule has 0 aliphatic rings. The molecule has 0 bridgehead atoms. The molecule has 0 aliphatic heterocycles. The molecule has 4 aromatic rings. The summed E-state index contributed by atoms with van der Waals surface area (Å²) in [6.45, 7) is 0. The Morgan fingerprint density at radius 3 is 2.50 bits per heavy atom. The molecule has 2 aromatic heterocycles. The third kappa shape index (κ3) is 3.77. The number of hydrogen-bond donors (Lipinski definition) is 2. The van der Waals surface area contributed by atoms with E-state index in [4.69, 9.17) is 16.3 Å². The molecule has 0 saturated carbocycles. The first kappa shape index (κ1) is 17.9. The number of ether oxygens (including phenoxy) is 1. The van der Waals surface area contributed by atoms with Crippen molar-refractivity contribution in [2.45, 2.75) is 0 Å². The van der Waals surface area contributed by atoms with Crippen LogP contribution in [0.5, 0.6) is 5.75 Å². The van der Waals surface area contributed by atoms with Gasteiger partial charge in [0.2, 0.25) is 0 Å². The predicted molar refractivity (Wildman–Crippen MR) is 111 cm³/mol. The van der Waals surface area contributed by atoms with Gasteiger partial charge >= 0.3 is 6.03 Å². The zero-order valence-corrected chi connectivity index (χ0v) is 15.8. The fraction of sp³-hybridized carbons (Fsp3) is 0.0476. The number of carbonyl (C=O) groups excluding carboxylic acids is 1. The van der Waals surface area contributed by atoms with Crippen LogP contribution in [-0.2, 0) is 0 Å². The maximum atomic E-state index is 12.2. The van der Waals surface area contributed by atoms with E-state index in [1.165, 1.54) is 7.11 Å². The molecule has 2 heterocycles. The van der Waals surface area contributed by atoms with E-state index in [0.717, 1.165) is 16.9 Å². The lowest BCUT2D eigenvalue weighted by atomic mass is 10.1. The number of hydrogen-bond acceptors (Lipinski definition) is 3. The Morgan fingerprint density at radius 1 is 1.04 bits per heavy atom. The highest BCUT2D eigenvalue weighted by Crippen LogP contribution is 2.27. The molecule has 2 N–H and O–H groups in total. The van der Waals surface area contributed by atoms with Crippen molar-refractivity contribution in [3.05, 3.63) is 78.1 Å². The van der Waals surface area contributed by atoms with Crippen molar-refractivity contribution < 1.29 is 9.53 Å². The van der Waals surface area contributed by atoms with Crippen LogP contribution in [0.15, 0.2) is 73.1 Å². The molecule has 140 valence electrons. The SMILES string of the molecule is COc1ccc(NC(=O)Nc2ccc(-c3cn4ccccc4n3)cc2)cc1Cl. The summed E-state index contributed by atoms with van der Waals surface area (Å²) in [5, 5.41) is 5.96. The van der Waals surface area contributed by atoms with Crippen LogP contribution >= 0.6 is 11.6 Å². The molecule has 28 heavy (non-hydrogen) atoms. The summed E-state index contributed by atoms with van der Waals surface area (Å²) in [4.78, 5) is 16.8. The standard InChI is InChI=1S/C21H17ClN4O2/c1-28-19-10-9-16(12-17(19)22)24-21(27)23-15-7-5-14(6-8-15)18-13-26-11-3-2-4-20(26)25-18/h2-13H,1H3,(H2,23,24,27). The summed E-state index contributed by atoms with van der Waals surface area (Å²) in [6, 6.07) is 18.1. The highest BCUT2D eigenvalue weighted by atomic mass is 35.5. The van der Waals surface area contributed by atoms with Crippen molar-refractivity contribution in [1.82, 2.24) is 9.38 Å². The number of anilines is 2. The van der Waals surface area contributed by atoms with Gasteiger partial charge < -0.3 is 19.8 Å². The fourth-order valence-electron chi connectivity index (χ4n) is 2.84. The van der Waals surface area contributed by atoms with Crippen molar-refractivity contribution in [3.63, 3.8) is 0 Å². The molecule has 6 nitrogen and oxygen atoms in total. The van der Waals surface area contributed by atoms with Crippen LogP contribution in [0.1, 0.15) is 0 Å². The first-order chi connectivity index (χ1) is 13.6. The lowest BCUT2D eigenvalue weighted by molar-refractivity contribution is 0.262. The van der Waals surface area contributed by atoms with Gasteiger partial charge in [0.15, 0.2) is 0 Å². The number of nitrogens with one attached hydrogen (secondary N) is 2. The topological polar surface area (TPSA) is 67.7 Å². The van der Waals surface area contributed by atoms with Gasteiger partial charge in [0.05, 0.1) is 17.8 Å². The summed E-state index contributed by atoms with van der Waals surface area (Å²) in [6.07, 6.45) is 3.93. The number of methoxy groups -OCH3 is 1. The Bertz CT molecular complexity index is 1110. The van der Waals surface area contributed by atoms with E-state index in [0.29, 0.717) is 22.1 Å². The zero-order valence-electron chi connectivity index (χ0n) is 15.0. The first-order valence-corrected chi connectivity index (χ1v) is 8.96. The van der Waals surface area contributed by atoms with E-state index >= 15 is 0 Å². The zero-order chi connectivity index (χ0) is 19.5. The Balaban J connectivity index is 1.44. The number of nitrogens with zero attached hydrogens (tertiary/aromatic N) is 2. The molecule has 0 saturated heterocycles. The molecule has 2 amide bonds. The van der Waals surface area contributed by atoms with Crippen molar-refractivity contribution >= 4 is 34.7 Å². The Morgan fingerprint density at radius 2 is 1.79 bits per heavy atom. The van der Waals surface area contributed by atoms with Crippen LogP contribution < -0.4 is 15.4 Å². The van der Waals surface area contributed by atoms with E-state index in [1.807, 2.05) is 59.3 Å². The summed E-state index contributed by atoms with van der Waals surface area (Å²) >= 11 is 6.07. The van der Waals surface area contributed by atoms with Gasteiger partial charge in [0.1, 0.15) is 11.4 Å². The summed E-state index contributed by atoms with van der Waals surface area (Å²) in [7, 11) is 1.54. The van der Waals surface area contributed by atoms with E-state index in [1.54, 1.807) is 18.2 Å². The van der Waals surface area contributed by atoms with Crippen LogP contribution in [0.2, 0.25) is 5.02 Å². The molecule has 0 aliphatic carbocycles. The minimum atomic E-state index is -0.360. The second-order valence-electron chi connectivity index (χ2n) is 6.10. The fourth-order valence-corrected chi connectivity index (χ4v) is 3.09. The lowest BCUT2D eigenvalue weighted by Crippen LogP contribution is -2.19. The second-order valence-corrected chi connectivity index (χ2v) is 6.51. The molecule has 2 aromatic carbocycles. The van der Waals surface area contributed by atoms with Gasteiger partial charge in [-0.2, -0.15) is 0 Å². The van der Waals surface area contributed by atoms with Gasteiger partial charge in [0.25, 0.3) is 0 Å². The second kappa shape index (κ2) is 7.62. The molecule has 0 fully saturated rings. The van der Waals surface area contributed by atoms with Crippen LogP contribution in [0, 0.1) is 0 Å². The van der Waals surface area contributed by atoms with Crippen molar-refractivity contribution in [3.8, 4) is 17.0 Å². The average Bonchev–Trinajstić information content (AvgIpc) is 3.13. The Labute approximate surface area is 166 Å². The molecular formula is C21H17ClN4O2. The number of benzene rings is 2. The van der Waals surface area contributed by atoms with Gasteiger partial charge in [-0.05, 0) is 42.5 Å². The molecule has 4 rings (SSSR count). The Hall–Kier alpha value is -3.51. The quantitative estimate of drug-likeness (QED) is 0.494. The third-order valence-electron chi connectivity index (χ3n) is 4.21. The van der Waals surface area contributed by atoms with Gasteiger partial charge in [-0.3, -0.25) is 0 Å². The number of carbonyl (C=O) groups is 1. The summed E-state index contributed by atoms with van der Waals surface area (Å²) < 4.78 is 7.07. The van der Waals surface area contributed by atoms with E-state index in [2.05, 4.69) is 15.6 Å². The minimum Gasteiger partial charge on any atom is -0.495 e. The van der Waals surface area contributed by atoms with Crippen LogP contribution in [0.4, 0.5) is 16.2 Å². The number of fused-ring (bicyclic) bond motifs is 1. The van der Waals surface area contributed by atoms with Gasteiger partial charge in [-0.15, -0.1) is 0 Å². The van der Waals surface area contributed by atoms with E-state index < -0.39 is 0 Å². The van der Waals surface area contributed by atoms with Crippen molar-refractivity contribution in [1.29, 1.82) is 0 Å². The van der Waals surface area contributed by atoms with E-state index in [9.17, 15) is 4.79 Å². The molecule has 0 spiro atoms. The monoisotopic (exact) mass is 392 g/mol. The number of rotatable bonds is 4. The van der Waals surface area contributed by atoms with Crippen LogP contribution in [0.25, 0.3) is 16.9 Å². The lowest BCUT2D eigenvalue weighted by Gasteiger charge is -2.09. The molecule has 0 atom stereocenters. The minimum absolute atomic E-state index is 0.360. The number of amides is 2. The normalized spacial score (nSPS) is 10.6. The summed E-state index contributed by atoms with van der Waals surface area (Å²) in [5.74, 6) is 0.551. The maximum Gasteiger partial charge on any atom is 0.323 e. The average molecular weight is 393 g/mol.